The molecule has 0 bridgehead atoms. The average molecular weight is 255 g/mol. The molecule has 0 saturated carbocycles. The second-order valence-corrected chi connectivity index (χ2v) is 4.01. The molecule has 1 heterocycles. The number of nitro groups is 1. The van der Waals surface area contributed by atoms with Gasteiger partial charge in [-0.3, -0.25) is 15.1 Å². The zero-order valence-electron chi connectivity index (χ0n) is 9.06. The molecule has 1 aromatic rings. The van der Waals surface area contributed by atoms with E-state index in [-0.39, 0.29) is 5.69 Å². The molecule has 6 heteroatoms. The Balaban J connectivity index is 2.27. The summed E-state index contributed by atoms with van der Waals surface area (Å²) in [5.74, 6) is 0.770. The van der Waals surface area contributed by atoms with Crippen LogP contribution in [0, 0.1) is 10.1 Å². The van der Waals surface area contributed by atoms with Crippen LogP contribution < -0.4 is 4.74 Å². The summed E-state index contributed by atoms with van der Waals surface area (Å²) >= 11 is 5.53. The summed E-state index contributed by atoms with van der Waals surface area (Å²) in [7, 11) is 0. The lowest BCUT2D eigenvalue weighted by Gasteiger charge is -2.07. The highest BCUT2D eigenvalue weighted by Crippen LogP contribution is 2.32. The maximum Gasteiger partial charge on any atom is 0.311 e. The summed E-state index contributed by atoms with van der Waals surface area (Å²) in [5.41, 5.74) is 1.73. The van der Waals surface area contributed by atoms with Crippen LogP contribution in [0.3, 0.4) is 0 Å². The van der Waals surface area contributed by atoms with Gasteiger partial charge in [0, 0.05) is 23.7 Å². The average Bonchev–Trinajstić information content (AvgIpc) is 2.75. The molecule has 2 rings (SSSR count). The number of hydrogen-bond donors (Lipinski definition) is 0. The molecule has 0 amide bonds. The van der Waals surface area contributed by atoms with Gasteiger partial charge in [-0.25, -0.2) is 0 Å². The van der Waals surface area contributed by atoms with Gasteiger partial charge in [-0.05, 0) is 18.1 Å². The Morgan fingerprint density at radius 3 is 3.06 bits per heavy atom. The van der Waals surface area contributed by atoms with Crippen LogP contribution in [-0.4, -0.2) is 23.6 Å². The van der Waals surface area contributed by atoms with Crippen LogP contribution in [0.4, 0.5) is 5.69 Å². The number of hydrogen-bond acceptors (Lipinski definition) is 4. The first-order chi connectivity index (χ1) is 8.22. The van der Waals surface area contributed by atoms with E-state index in [4.69, 9.17) is 16.3 Å². The summed E-state index contributed by atoms with van der Waals surface area (Å²) in [5, 5.41) is 10.9. The number of alkyl halides is 1. The quantitative estimate of drug-likeness (QED) is 0.351. The lowest BCUT2D eigenvalue weighted by molar-refractivity contribution is -0.385. The van der Waals surface area contributed by atoms with Crippen LogP contribution in [0.5, 0.6) is 5.75 Å². The number of nitrogens with zero attached hydrogens (tertiary/aromatic N) is 2. The monoisotopic (exact) mass is 254 g/mol. The van der Waals surface area contributed by atoms with Crippen molar-refractivity contribution in [1.29, 1.82) is 0 Å². The molecule has 90 valence electrons. The van der Waals surface area contributed by atoms with E-state index < -0.39 is 4.92 Å². The molecule has 5 nitrogen and oxygen atoms in total. The molecule has 0 N–H and O–H groups in total. The van der Waals surface area contributed by atoms with E-state index >= 15 is 0 Å². The number of ether oxygens (including phenoxy) is 1. The van der Waals surface area contributed by atoms with E-state index in [1.54, 1.807) is 12.3 Å². The maximum atomic E-state index is 10.9. The zero-order chi connectivity index (χ0) is 12.3. The van der Waals surface area contributed by atoms with Crippen molar-refractivity contribution in [3.8, 4) is 5.75 Å². The Morgan fingerprint density at radius 2 is 2.35 bits per heavy atom. The Hall–Kier alpha value is -1.62. The van der Waals surface area contributed by atoms with E-state index in [0.717, 1.165) is 11.1 Å². The van der Waals surface area contributed by atoms with Crippen LogP contribution in [0.15, 0.2) is 17.1 Å². The predicted molar refractivity (Wildman–Crippen MR) is 65.2 cm³/mol. The molecule has 0 aliphatic carbocycles. The van der Waals surface area contributed by atoms with Gasteiger partial charge in [-0.1, -0.05) is 0 Å². The predicted octanol–water partition coefficient (Wildman–Crippen LogP) is 2.54. The van der Waals surface area contributed by atoms with Crippen molar-refractivity contribution < 1.29 is 9.66 Å². The third-order valence-corrected chi connectivity index (χ3v) is 2.71. The molecule has 0 atom stereocenters. The third-order valence-electron chi connectivity index (χ3n) is 2.45. The minimum absolute atomic E-state index is 0.0216. The fourth-order valence-electron chi connectivity index (χ4n) is 1.62. The molecule has 1 aromatic carbocycles. The summed E-state index contributed by atoms with van der Waals surface area (Å²) in [6, 6.07) is 3.19. The number of fused-ring (bicyclic) bond motifs is 1. The van der Waals surface area contributed by atoms with E-state index in [2.05, 4.69) is 4.99 Å². The first kappa shape index (κ1) is 11.9. The molecule has 0 aromatic heterocycles. The van der Waals surface area contributed by atoms with Crippen LogP contribution in [-0.2, 0) is 6.54 Å². The number of benzene rings is 1. The van der Waals surface area contributed by atoms with Crippen molar-refractivity contribution in [2.24, 2.45) is 4.99 Å². The maximum absolute atomic E-state index is 10.9. The van der Waals surface area contributed by atoms with Gasteiger partial charge in [0.15, 0.2) is 5.75 Å². The largest absolute Gasteiger partial charge is 0.487 e. The van der Waals surface area contributed by atoms with Gasteiger partial charge in [0.05, 0.1) is 18.1 Å². The molecule has 0 saturated heterocycles. The van der Waals surface area contributed by atoms with E-state index in [0.29, 0.717) is 31.2 Å². The van der Waals surface area contributed by atoms with Crippen LogP contribution in [0.1, 0.15) is 17.5 Å². The molecular weight excluding hydrogens is 244 g/mol. The fourth-order valence-corrected chi connectivity index (χ4v) is 1.73. The van der Waals surface area contributed by atoms with E-state index in [9.17, 15) is 10.1 Å². The van der Waals surface area contributed by atoms with Crippen molar-refractivity contribution in [3.05, 3.63) is 33.4 Å². The minimum atomic E-state index is -0.442. The van der Waals surface area contributed by atoms with Gasteiger partial charge < -0.3 is 4.74 Å². The lowest BCUT2D eigenvalue weighted by Crippen LogP contribution is -2.02. The third kappa shape index (κ3) is 2.55. The van der Waals surface area contributed by atoms with Crippen LogP contribution in [0.2, 0.25) is 0 Å². The summed E-state index contributed by atoms with van der Waals surface area (Å²) in [4.78, 5) is 14.5. The van der Waals surface area contributed by atoms with Crippen molar-refractivity contribution in [1.82, 2.24) is 0 Å². The van der Waals surface area contributed by atoms with Crippen molar-refractivity contribution in [2.75, 3.05) is 12.5 Å². The smallest absolute Gasteiger partial charge is 0.311 e. The summed E-state index contributed by atoms with van der Waals surface area (Å²) < 4.78 is 5.38. The highest BCUT2D eigenvalue weighted by molar-refractivity contribution is 6.17. The van der Waals surface area contributed by atoms with Gasteiger partial charge in [0.2, 0.25) is 0 Å². The molecule has 17 heavy (non-hydrogen) atoms. The van der Waals surface area contributed by atoms with Gasteiger partial charge in [0.25, 0.3) is 0 Å². The van der Waals surface area contributed by atoms with Gasteiger partial charge in [-0.2, -0.15) is 0 Å². The SMILES string of the molecule is O=[N+]([O-])c1cc2c(cc1OCCCCl)CN=C2. The first-order valence-electron chi connectivity index (χ1n) is 5.22. The number of nitro benzene ring substituents is 1. The van der Waals surface area contributed by atoms with Crippen molar-refractivity contribution in [3.63, 3.8) is 0 Å². The first-order valence-corrected chi connectivity index (χ1v) is 5.75. The normalized spacial score (nSPS) is 12.5. The molecule has 1 aliphatic rings. The zero-order valence-corrected chi connectivity index (χ0v) is 9.81. The number of halogens is 1. The Labute approximate surface area is 103 Å². The standard InChI is InChI=1S/C11H11ClN2O3/c12-2-1-3-17-11-5-9-7-13-6-8(9)4-10(11)14(15)16/h4-6H,1-3,7H2. The van der Waals surface area contributed by atoms with Crippen LogP contribution in [0.25, 0.3) is 0 Å². The van der Waals surface area contributed by atoms with Crippen LogP contribution >= 0.6 is 11.6 Å². The highest BCUT2D eigenvalue weighted by atomic mass is 35.5. The molecule has 0 radical (unpaired) electrons. The second-order valence-electron chi connectivity index (χ2n) is 3.64. The lowest BCUT2D eigenvalue weighted by atomic mass is 10.1. The molecule has 0 spiro atoms. The Bertz CT molecular complexity index is 474. The number of aliphatic imine (C=N–C) groups is 1. The Kier molecular flexibility index (Phi) is 3.58. The molecule has 0 fully saturated rings. The minimum Gasteiger partial charge on any atom is -0.487 e. The van der Waals surface area contributed by atoms with Crippen molar-refractivity contribution in [2.45, 2.75) is 13.0 Å². The van der Waals surface area contributed by atoms with Gasteiger partial charge >= 0.3 is 5.69 Å². The van der Waals surface area contributed by atoms with Gasteiger partial charge in [0.1, 0.15) is 0 Å². The van der Waals surface area contributed by atoms with Gasteiger partial charge in [-0.15, -0.1) is 11.6 Å². The molecule has 0 unspecified atom stereocenters. The second kappa shape index (κ2) is 5.14. The topological polar surface area (TPSA) is 64.7 Å². The van der Waals surface area contributed by atoms with E-state index in [1.807, 2.05) is 0 Å². The summed E-state index contributed by atoms with van der Waals surface area (Å²) in [6.45, 7) is 0.934. The highest BCUT2D eigenvalue weighted by Gasteiger charge is 2.20. The number of rotatable bonds is 5. The molecular formula is C11H11ClN2O3. The van der Waals surface area contributed by atoms with Crippen molar-refractivity contribution >= 4 is 23.5 Å². The Morgan fingerprint density at radius 1 is 1.53 bits per heavy atom. The van der Waals surface area contributed by atoms with E-state index in [1.165, 1.54) is 6.07 Å². The summed E-state index contributed by atoms with van der Waals surface area (Å²) in [6.07, 6.45) is 2.30. The molecule has 1 aliphatic heterocycles. The fraction of sp³-hybridized carbons (Fsp3) is 0.364.